The summed E-state index contributed by atoms with van der Waals surface area (Å²) in [7, 11) is 1.70. The average Bonchev–Trinajstić information content (AvgIpc) is 3.52. The monoisotopic (exact) mass is 743 g/mol. The van der Waals surface area contributed by atoms with Crippen LogP contribution in [-0.2, 0) is 32.2 Å². The summed E-state index contributed by atoms with van der Waals surface area (Å²) < 4.78 is 13.7. The lowest BCUT2D eigenvalue weighted by Crippen LogP contribution is -2.46. The van der Waals surface area contributed by atoms with Crippen LogP contribution in [-0.4, -0.2) is 136 Å². The van der Waals surface area contributed by atoms with Crippen molar-refractivity contribution in [3.63, 3.8) is 0 Å². The summed E-state index contributed by atoms with van der Waals surface area (Å²) in [5.41, 5.74) is 15.4. The van der Waals surface area contributed by atoms with Crippen LogP contribution in [0.25, 0.3) is 11.0 Å². The fourth-order valence-electron chi connectivity index (χ4n) is 5.93. The first-order chi connectivity index (χ1) is 25.1. The molecule has 0 radical (unpaired) electrons. The lowest BCUT2D eigenvalue weighted by Gasteiger charge is -2.34. The van der Waals surface area contributed by atoms with Crippen molar-refractivity contribution in [1.82, 2.24) is 29.7 Å². The van der Waals surface area contributed by atoms with Crippen molar-refractivity contribution in [1.29, 1.82) is 0 Å². The first-order valence-corrected chi connectivity index (χ1v) is 18.8. The molecule has 1 fully saturated rings. The number of thioether (sulfide) groups is 1. The number of aromatic nitrogens is 3. The van der Waals surface area contributed by atoms with Gasteiger partial charge in [0.25, 0.3) is 0 Å². The number of nitrogens with two attached hydrogens (primary N) is 2. The Morgan fingerprint density at radius 2 is 1.79 bits per heavy atom. The van der Waals surface area contributed by atoms with Crippen LogP contribution >= 0.6 is 11.8 Å². The summed E-state index contributed by atoms with van der Waals surface area (Å²) in [6.45, 7) is 9.83. The van der Waals surface area contributed by atoms with Gasteiger partial charge in [0.05, 0.1) is 44.1 Å². The van der Waals surface area contributed by atoms with E-state index in [0.29, 0.717) is 13.2 Å². The number of nitrogens with one attached hydrogen (secondary N) is 2. The molecule has 3 heterocycles. The quantitative estimate of drug-likeness (QED) is 0.0764. The van der Waals surface area contributed by atoms with Gasteiger partial charge in [0, 0.05) is 69.9 Å². The summed E-state index contributed by atoms with van der Waals surface area (Å²) in [6, 6.07) is 7.19. The lowest BCUT2D eigenvalue weighted by molar-refractivity contribution is -0.138. The fraction of sp³-hybridized carbons (Fsp3) is 0.571. The second-order valence-corrected chi connectivity index (χ2v) is 14.0. The van der Waals surface area contributed by atoms with Gasteiger partial charge in [0.1, 0.15) is 17.3 Å². The van der Waals surface area contributed by atoms with E-state index in [0.717, 1.165) is 105 Å². The predicted octanol–water partition coefficient (Wildman–Crippen LogP) is 1.91. The predicted molar refractivity (Wildman–Crippen MR) is 202 cm³/mol. The molecule has 1 aliphatic heterocycles. The number of aliphatic carboxylic acids is 2. The molecule has 2 aromatic heterocycles. The maximum Gasteiger partial charge on any atom is 0.321 e. The van der Waals surface area contributed by atoms with E-state index in [9.17, 15) is 14.4 Å². The van der Waals surface area contributed by atoms with Crippen molar-refractivity contribution >= 4 is 52.4 Å². The minimum atomic E-state index is -1.20. The number of ether oxygens (including phenoxy) is 2. The molecule has 1 amide bonds. The van der Waals surface area contributed by atoms with Gasteiger partial charge in [-0.3, -0.25) is 24.2 Å². The Hall–Kier alpha value is -4.16. The van der Waals surface area contributed by atoms with Gasteiger partial charge >= 0.3 is 11.9 Å². The van der Waals surface area contributed by atoms with Gasteiger partial charge in [0.15, 0.2) is 5.82 Å². The number of nitrogens with zero attached hydrogens (tertiary/aromatic N) is 5. The molecule has 4 rings (SSSR count). The van der Waals surface area contributed by atoms with Crippen molar-refractivity contribution in [3.8, 4) is 5.75 Å². The summed E-state index contributed by atoms with van der Waals surface area (Å²) in [5.74, 6) is -1.07. The molecule has 286 valence electrons. The van der Waals surface area contributed by atoms with Crippen LogP contribution in [0.2, 0.25) is 0 Å². The molecule has 1 aromatic carbocycles. The van der Waals surface area contributed by atoms with Crippen LogP contribution in [0.3, 0.4) is 0 Å². The van der Waals surface area contributed by atoms with Crippen molar-refractivity contribution in [2.75, 3.05) is 82.9 Å². The smallest absolute Gasteiger partial charge is 0.321 e. The first kappa shape index (κ1) is 40.6. The number of hydrogen-bond donors (Lipinski definition) is 6. The number of carboxylic acids is 2. The van der Waals surface area contributed by atoms with Gasteiger partial charge in [-0.1, -0.05) is 31.9 Å². The number of carboxylic acid groups (broad SMARTS) is 2. The Morgan fingerprint density at radius 3 is 2.50 bits per heavy atom. The van der Waals surface area contributed by atoms with E-state index in [4.69, 9.17) is 31.2 Å². The maximum absolute atomic E-state index is 12.5. The molecular weight excluding hydrogens is 691 g/mol. The van der Waals surface area contributed by atoms with Crippen molar-refractivity contribution in [3.05, 3.63) is 41.6 Å². The normalized spacial score (nSPS) is 15.0. The van der Waals surface area contributed by atoms with Crippen LogP contribution in [0.5, 0.6) is 5.75 Å². The standard InChI is InChI=1S/C35H53N9O7S/c1-3-4-5-9-38-32-31-27(40-35(37)41-32)8-11-44(31)22-25-7-6-24(19-28(25)50-2)21-43-14-12-42(13-15-43)16-18-51-17-10-39-33(47)29(20-30(45)46)52-23-26(36)34(48)49/h6-8,11,19,26,29H,3-5,9-10,12-18,20-23,36H2,1-2H3,(H,39,47)(H,45,46)(H,48,49)(H3,37,38,40,41). The number of piperazine rings is 1. The van der Waals surface area contributed by atoms with Gasteiger partial charge in [-0.15, -0.1) is 11.8 Å². The Kier molecular flexibility index (Phi) is 16.2. The van der Waals surface area contributed by atoms with E-state index < -0.39 is 35.6 Å². The third-order valence-corrected chi connectivity index (χ3v) is 10.1. The van der Waals surface area contributed by atoms with Gasteiger partial charge in [-0.05, 0) is 24.1 Å². The molecule has 0 aliphatic carbocycles. The molecule has 0 saturated carbocycles. The van der Waals surface area contributed by atoms with Crippen LogP contribution < -0.4 is 26.8 Å². The van der Waals surface area contributed by atoms with Crippen LogP contribution in [0.15, 0.2) is 30.5 Å². The number of benzene rings is 1. The molecule has 2 unspecified atom stereocenters. The molecule has 16 nitrogen and oxygen atoms in total. The van der Waals surface area contributed by atoms with Crippen molar-refractivity contribution in [2.24, 2.45) is 5.73 Å². The van der Waals surface area contributed by atoms with Crippen LogP contribution in [0.1, 0.15) is 43.7 Å². The zero-order valence-corrected chi connectivity index (χ0v) is 30.9. The summed E-state index contributed by atoms with van der Waals surface area (Å²) in [5, 5.41) is 23.2. The van der Waals surface area contributed by atoms with Crippen molar-refractivity contribution in [2.45, 2.75) is 57.0 Å². The van der Waals surface area contributed by atoms with Gasteiger partial charge in [-0.25, -0.2) is 4.98 Å². The molecule has 0 bridgehead atoms. The number of nitrogen functional groups attached to an aromatic ring is 1. The second kappa shape index (κ2) is 20.8. The number of rotatable bonds is 23. The highest BCUT2D eigenvalue weighted by Crippen LogP contribution is 2.27. The Bertz CT molecular complexity index is 1620. The number of carbonyl (C=O) groups excluding carboxylic acids is 1. The van der Waals surface area contributed by atoms with Crippen LogP contribution in [0.4, 0.5) is 11.8 Å². The summed E-state index contributed by atoms with van der Waals surface area (Å²) in [6.07, 6.45) is 4.94. The van der Waals surface area contributed by atoms with Gasteiger partial charge < -0.3 is 46.4 Å². The average molecular weight is 744 g/mol. The highest BCUT2D eigenvalue weighted by Gasteiger charge is 2.25. The molecule has 2 atom stereocenters. The van der Waals surface area contributed by atoms with E-state index in [-0.39, 0.29) is 24.9 Å². The lowest BCUT2D eigenvalue weighted by atomic mass is 10.1. The highest BCUT2D eigenvalue weighted by atomic mass is 32.2. The third-order valence-electron chi connectivity index (χ3n) is 8.81. The molecule has 52 heavy (non-hydrogen) atoms. The van der Waals surface area contributed by atoms with Crippen LogP contribution in [0, 0.1) is 0 Å². The largest absolute Gasteiger partial charge is 0.496 e. The minimum absolute atomic E-state index is 0.0662. The first-order valence-electron chi connectivity index (χ1n) is 17.7. The number of unbranched alkanes of at least 4 members (excludes halogenated alkanes) is 2. The molecule has 0 spiro atoms. The Morgan fingerprint density at radius 1 is 1.02 bits per heavy atom. The second-order valence-electron chi connectivity index (χ2n) is 12.8. The Balaban J connectivity index is 1.19. The molecule has 3 aromatic rings. The van der Waals surface area contributed by atoms with E-state index in [1.807, 2.05) is 12.3 Å². The summed E-state index contributed by atoms with van der Waals surface area (Å²) in [4.78, 5) is 48.3. The maximum atomic E-state index is 12.5. The topological polar surface area (TPSA) is 223 Å². The number of fused-ring (bicyclic) bond motifs is 1. The molecule has 1 aliphatic rings. The number of anilines is 2. The highest BCUT2D eigenvalue weighted by molar-refractivity contribution is 8.00. The minimum Gasteiger partial charge on any atom is -0.496 e. The number of amides is 1. The Labute approximate surface area is 308 Å². The van der Waals surface area contributed by atoms with Crippen molar-refractivity contribution < 1.29 is 34.1 Å². The number of methoxy groups -OCH3 is 1. The van der Waals surface area contributed by atoms with E-state index in [1.54, 1.807) is 7.11 Å². The van der Waals surface area contributed by atoms with Gasteiger partial charge in [-0.2, -0.15) is 4.98 Å². The SMILES string of the molecule is CCCCCNc1nc(N)nc2ccn(Cc3ccc(CN4CCN(CCOCCNC(=O)C(CC(=O)O)SCC(N)C(=O)O)CC4)cc3OC)c12. The van der Waals surface area contributed by atoms with E-state index >= 15 is 0 Å². The van der Waals surface area contributed by atoms with E-state index in [2.05, 4.69) is 60.1 Å². The molecule has 8 N–H and O–H groups in total. The summed E-state index contributed by atoms with van der Waals surface area (Å²) >= 11 is 0.922. The zero-order chi connectivity index (χ0) is 37.5. The fourth-order valence-corrected chi connectivity index (χ4v) is 7.00. The molecule has 1 saturated heterocycles. The van der Waals surface area contributed by atoms with Gasteiger partial charge in [0.2, 0.25) is 11.9 Å². The number of hydrogen-bond acceptors (Lipinski definition) is 13. The molecule has 17 heteroatoms. The zero-order valence-electron chi connectivity index (χ0n) is 30.1. The molecular formula is C35H53N9O7S. The number of carbonyl (C=O) groups is 3. The third kappa shape index (κ3) is 12.5. The van der Waals surface area contributed by atoms with E-state index in [1.165, 1.54) is 5.56 Å².